The van der Waals surface area contributed by atoms with Crippen LogP contribution in [0.5, 0.6) is 0 Å². The number of nitrogens with zero attached hydrogens (tertiary/aromatic N) is 3. The summed E-state index contributed by atoms with van der Waals surface area (Å²) in [6.07, 6.45) is 0. The van der Waals surface area contributed by atoms with Crippen LogP contribution in [-0.2, 0) is 5.41 Å². The molecule has 0 spiro atoms. The average Bonchev–Trinajstić information content (AvgIpc) is 2.27. The molecule has 0 aliphatic heterocycles. The Morgan fingerprint density at radius 1 is 1.33 bits per heavy atom. The molecule has 1 rings (SSSR count). The molecular weight excluding hydrogens is 248 g/mol. The van der Waals surface area contributed by atoms with Gasteiger partial charge in [0.25, 0.3) is 0 Å². The van der Waals surface area contributed by atoms with E-state index in [1.165, 1.54) is 0 Å². The van der Waals surface area contributed by atoms with Crippen LogP contribution in [0.1, 0.15) is 33.5 Å². The first-order valence-electron chi connectivity index (χ1n) is 6.30. The third kappa shape index (κ3) is 4.78. The van der Waals surface area contributed by atoms with E-state index in [4.69, 9.17) is 11.6 Å². The fourth-order valence-electron chi connectivity index (χ4n) is 1.38. The molecule has 0 aliphatic rings. The predicted molar refractivity (Wildman–Crippen MR) is 77.4 cm³/mol. The summed E-state index contributed by atoms with van der Waals surface area (Å²) < 4.78 is 0. The van der Waals surface area contributed by atoms with Gasteiger partial charge in [-0.2, -0.15) is 0 Å². The molecule has 5 heteroatoms. The SMILES string of the molecule is CCN(C)CCNc1cc(Cl)nc(C(C)(C)C)n1. The molecular formula is C13H23ClN4. The minimum absolute atomic E-state index is 0.0957. The molecule has 0 unspecified atom stereocenters. The molecule has 0 saturated heterocycles. The lowest BCUT2D eigenvalue weighted by molar-refractivity contribution is 0.367. The van der Waals surface area contributed by atoms with Gasteiger partial charge in [0.05, 0.1) is 0 Å². The van der Waals surface area contributed by atoms with Crippen LogP contribution in [0.2, 0.25) is 5.15 Å². The van der Waals surface area contributed by atoms with Gasteiger partial charge in [0, 0.05) is 24.6 Å². The lowest BCUT2D eigenvalue weighted by Gasteiger charge is -2.18. The van der Waals surface area contributed by atoms with E-state index in [9.17, 15) is 0 Å². The molecule has 0 aromatic carbocycles. The molecule has 1 N–H and O–H groups in total. The molecule has 4 nitrogen and oxygen atoms in total. The second-order valence-electron chi connectivity index (χ2n) is 5.47. The van der Waals surface area contributed by atoms with E-state index in [0.29, 0.717) is 5.15 Å². The number of likely N-dealkylation sites (N-methyl/N-ethyl adjacent to an activating group) is 1. The van der Waals surface area contributed by atoms with E-state index >= 15 is 0 Å². The van der Waals surface area contributed by atoms with Gasteiger partial charge in [0.15, 0.2) is 0 Å². The Balaban J connectivity index is 2.69. The van der Waals surface area contributed by atoms with Crippen molar-refractivity contribution in [1.29, 1.82) is 0 Å². The van der Waals surface area contributed by atoms with Crippen LogP contribution in [0, 0.1) is 0 Å². The van der Waals surface area contributed by atoms with E-state index in [2.05, 4.69) is 54.9 Å². The van der Waals surface area contributed by atoms with Gasteiger partial charge in [0.2, 0.25) is 0 Å². The van der Waals surface area contributed by atoms with Gasteiger partial charge in [-0.1, -0.05) is 39.3 Å². The zero-order valence-electron chi connectivity index (χ0n) is 11.9. The first-order valence-corrected chi connectivity index (χ1v) is 6.68. The lowest BCUT2D eigenvalue weighted by Crippen LogP contribution is -2.25. The van der Waals surface area contributed by atoms with Crippen molar-refractivity contribution in [2.24, 2.45) is 0 Å². The van der Waals surface area contributed by atoms with Gasteiger partial charge in [0.1, 0.15) is 16.8 Å². The highest BCUT2D eigenvalue weighted by Crippen LogP contribution is 2.22. The normalized spacial score (nSPS) is 11.9. The van der Waals surface area contributed by atoms with Crippen LogP contribution in [0.3, 0.4) is 0 Å². The quantitative estimate of drug-likeness (QED) is 0.836. The van der Waals surface area contributed by atoms with Crippen molar-refractivity contribution in [2.75, 3.05) is 32.0 Å². The van der Waals surface area contributed by atoms with Gasteiger partial charge >= 0.3 is 0 Å². The van der Waals surface area contributed by atoms with E-state index < -0.39 is 0 Å². The number of anilines is 1. The molecule has 0 fully saturated rings. The maximum Gasteiger partial charge on any atom is 0.137 e. The Morgan fingerprint density at radius 2 is 2.00 bits per heavy atom. The van der Waals surface area contributed by atoms with Crippen LogP contribution in [0.25, 0.3) is 0 Å². The number of aromatic nitrogens is 2. The highest BCUT2D eigenvalue weighted by Gasteiger charge is 2.18. The van der Waals surface area contributed by atoms with E-state index in [1.54, 1.807) is 6.07 Å². The summed E-state index contributed by atoms with van der Waals surface area (Å²) >= 11 is 6.02. The van der Waals surface area contributed by atoms with Gasteiger partial charge in [-0.15, -0.1) is 0 Å². The second kappa shape index (κ2) is 6.34. The maximum atomic E-state index is 6.02. The summed E-state index contributed by atoms with van der Waals surface area (Å²) in [4.78, 5) is 11.0. The molecule has 1 aromatic heterocycles. The average molecular weight is 271 g/mol. The number of hydrogen-bond donors (Lipinski definition) is 1. The zero-order valence-corrected chi connectivity index (χ0v) is 12.7. The van der Waals surface area contributed by atoms with E-state index in [1.807, 2.05) is 0 Å². The highest BCUT2D eigenvalue weighted by molar-refractivity contribution is 6.29. The molecule has 0 aliphatic carbocycles. The van der Waals surface area contributed by atoms with E-state index in [-0.39, 0.29) is 5.41 Å². The molecule has 0 bridgehead atoms. The van der Waals surface area contributed by atoms with Crippen molar-refractivity contribution in [3.8, 4) is 0 Å². The fourth-order valence-corrected chi connectivity index (χ4v) is 1.56. The Kier molecular flexibility index (Phi) is 5.35. The van der Waals surface area contributed by atoms with Crippen molar-refractivity contribution in [3.63, 3.8) is 0 Å². The monoisotopic (exact) mass is 270 g/mol. The van der Waals surface area contributed by atoms with Gasteiger partial charge < -0.3 is 10.2 Å². The van der Waals surface area contributed by atoms with Crippen molar-refractivity contribution in [2.45, 2.75) is 33.1 Å². The third-order valence-electron chi connectivity index (χ3n) is 2.71. The third-order valence-corrected chi connectivity index (χ3v) is 2.90. The number of halogens is 1. The number of rotatable bonds is 5. The summed E-state index contributed by atoms with van der Waals surface area (Å²) in [6.45, 7) is 11.2. The summed E-state index contributed by atoms with van der Waals surface area (Å²) in [5.74, 6) is 1.56. The van der Waals surface area contributed by atoms with Crippen molar-refractivity contribution in [1.82, 2.24) is 14.9 Å². The van der Waals surface area contributed by atoms with Crippen LogP contribution in [-0.4, -0.2) is 41.5 Å². The number of hydrogen-bond acceptors (Lipinski definition) is 4. The molecule has 0 atom stereocenters. The Morgan fingerprint density at radius 3 is 2.56 bits per heavy atom. The smallest absolute Gasteiger partial charge is 0.137 e. The fraction of sp³-hybridized carbons (Fsp3) is 0.692. The lowest BCUT2D eigenvalue weighted by atomic mass is 9.96. The van der Waals surface area contributed by atoms with Crippen molar-refractivity contribution in [3.05, 3.63) is 17.0 Å². The van der Waals surface area contributed by atoms with Gasteiger partial charge in [-0.3, -0.25) is 0 Å². The first-order chi connectivity index (χ1) is 8.32. The van der Waals surface area contributed by atoms with Crippen molar-refractivity contribution >= 4 is 17.4 Å². The molecule has 1 heterocycles. The zero-order chi connectivity index (χ0) is 13.8. The van der Waals surface area contributed by atoms with Gasteiger partial charge in [-0.05, 0) is 13.6 Å². The molecule has 0 radical (unpaired) electrons. The Bertz CT molecular complexity index is 387. The molecule has 0 saturated carbocycles. The van der Waals surface area contributed by atoms with Crippen LogP contribution in [0.15, 0.2) is 6.07 Å². The predicted octanol–water partition coefficient (Wildman–Crippen LogP) is 2.79. The summed E-state index contributed by atoms with van der Waals surface area (Å²) in [6, 6.07) is 1.77. The summed E-state index contributed by atoms with van der Waals surface area (Å²) in [7, 11) is 2.09. The first kappa shape index (κ1) is 15.2. The summed E-state index contributed by atoms with van der Waals surface area (Å²) in [5.41, 5.74) is -0.0957. The van der Waals surface area contributed by atoms with E-state index in [0.717, 1.165) is 31.3 Å². The highest BCUT2D eigenvalue weighted by atomic mass is 35.5. The molecule has 102 valence electrons. The Labute approximate surface area is 115 Å². The minimum Gasteiger partial charge on any atom is -0.369 e. The maximum absolute atomic E-state index is 6.02. The number of nitrogens with one attached hydrogen (secondary N) is 1. The van der Waals surface area contributed by atoms with Crippen LogP contribution < -0.4 is 5.32 Å². The largest absolute Gasteiger partial charge is 0.369 e. The molecule has 1 aromatic rings. The standard InChI is InChI=1S/C13H23ClN4/c1-6-18(5)8-7-15-11-9-10(14)16-12(17-11)13(2,3)4/h9H,6-8H2,1-5H3,(H,15,16,17). The molecule has 0 amide bonds. The minimum atomic E-state index is -0.0957. The summed E-state index contributed by atoms with van der Waals surface area (Å²) in [5, 5.41) is 3.77. The van der Waals surface area contributed by atoms with Crippen LogP contribution in [0.4, 0.5) is 5.82 Å². The Hall–Kier alpha value is -0.870. The van der Waals surface area contributed by atoms with Crippen LogP contribution >= 0.6 is 11.6 Å². The topological polar surface area (TPSA) is 41.0 Å². The second-order valence-corrected chi connectivity index (χ2v) is 5.86. The molecule has 18 heavy (non-hydrogen) atoms. The van der Waals surface area contributed by atoms with Gasteiger partial charge in [-0.25, -0.2) is 9.97 Å². The van der Waals surface area contributed by atoms with Crippen molar-refractivity contribution < 1.29 is 0 Å².